The van der Waals surface area contributed by atoms with Crippen LogP contribution in [0.2, 0.25) is 0 Å². The summed E-state index contributed by atoms with van der Waals surface area (Å²) < 4.78 is 10.6. The highest BCUT2D eigenvalue weighted by atomic mass is 16.5. The number of amides is 4. The number of hydrogen-bond acceptors (Lipinski definition) is 6. The molecule has 0 bridgehead atoms. The first-order valence-corrected chi connectivity index (χ1v) is 11.0. The number of hydrogen-bond donors (Lipinski definition) is 2. The number of nitrogens with zero attached hydrogens (tertiary/aromatic N) is 2. The number of carbonyl (C=O) groups is 4. The summed E-state index contributed by atoms with van der Waals surface area (Å²) in [5, 5.41) is 7.99. The van der Waals surface area contributed by atoms with E-state index in [2.05, 4.69) is 10.6 Å². The monoisotopic (exact) mass is 480 g/mol. The first-order valence-electron chi connectivity index (χ1n) is 11.0. The molecule has 0 radical (unpaired) electrons. The molecule has 2 aromatic rings. The minimum Gasteiger partial charge on any atom is -0.497 e. The predicted molar refractivity (Wildman–Crippen MR) is 131 cm³/mol. The van der Waals surface area contributed by atoms with Gasteiger partial charge in [-0.25, -0.2) is 10.0 Å². The molecule has 1 aliphatic heterocycles. The van der Waals surface area contributed by atoms with E-state index in [-0.39, 0.29) is 23.3 Å². The van der Waals surface area contributed by atoms with E-state index >= 15 is 0 Å². The van der Waals surface area contributed by atoms with Gasteiger partial charge in [0.1, 0.15) is 11.5 Å². The second-order valence-corrected chi connectivity index (χ2v) is 7.81. The highest BCUT2D eigenvalue weighted by Gasteiger charge is 2.30. The van der Waals surface area contributed by atoms with E-state index < -0.39 is 5.91 Å². The van der Waals surface area contributed by atoms with Gasteiger partial charge in [-0.1, -0.05) is 0 Å². The first-order chi connectivity index (χ1) is 16.7. The lowest BCUT2D eigenvalue weighted by Gasteiger charge is -2.27. The molecule has 0 atom stereocenters. The molecule has 0 unspecified atom stereocenters. The summed E-state index contributed by atoms with van der Waals surface area (Å²) in [6, 6.07) is 9.80. The number of carbonyl (C=O) groups excluding carboxylic acids is 4. The summed E-state index contributed by atoms with van der Waals surface area (Å²) in [5.41, 5.74) is 1.58. The van der Waals surface area contributed by atoms with Gasteiger partial charge in [-0.2, -0.15) is 0 Å². The van der Waals surface area contributed by atoms with Crippen LogP contribution in [0.5, 0.6) is 11.5 Å². The summed E-state index contributed by atoms with van der Waals surface area (Å²) in [6.45, 7) is 3.42. The molecule has 3 rings (SSSR count). The smallest absolute Gasteiger partial charge is 0.272 e. The fraction of sp³-hybridized carbons (Fsp3) is 0.280. The third-order valence-electron chi connectivity index (χ3n) is 5.25. The summed E-state index contributed by atoms with van der Waals surface area (Å²) >= 11 is 0. The molecule has 1 heterocycles. The van der Waals surface area contributed by atoms with Crippen molar-refractivity contribution in [1.82, 2.24) is 10.0 Å². The zero-order valence-electron chi connectivity index (χ0n) is 20.1. The number of anilines is 2. The lowest BCUT2D eigenvalue weighted by molar-refractivity contribution is -0.134. The molecule has 10 nitrogen and oxygen atoms in total. The number of rotatable bonds is 7. The molecule has 0 aliphatic carbocycles. The summed E-state index contributed by atoms with van der Waals surface area (Å²) in [4.78, 5) is 49.3. The third-order valence-corrected chi connectivity index (χ3v) is 5.25. The minimum absolute atomic E-state index is 0.265. The summed E-state index contributed by atoms with van der Waals surface area (Å²) in [7, 11) is 3.09. The van der Waals surface area contributed by atoms with Crippen LogP contribution in [0.4, 0.5) is 11.4 Å². The largest absolute Gasteiger partial charge is 0.497 e. The van der Waals surface area contributed by atoms with Crippen LogP contribution < -0.4 is 20.1 Å². The molecular weight excluding hydrogens is 452 g/mol. The maximum atomic E-state index is 13.3. The van der Waals surface area contributed by atoms with Gasteiger partial charge in [-0.3, -0.25) is 19.2 Å². The minimum atomic E-state index is -0.399. The van der Waals surface area contributed by atoms with Crippen molar-refractivity contribution in [3.05, 3.63) is 53.6 Å². The van der Waals surface area contributed by atoms with E-state index in [0.29, 0.717) is 47.9 Å². The molecule has 35 heavy (non-hydrogen) atoms. The molecule has 184 valence electrons. The molecule has 2 N–H and O–H groups in total. The molecule has 10 heteroatoms. The van der Waals surface area contributed by atoms with Gasteiger partial charge in [0.2, 0.25) is 11.8 Å². The van der Waals surface area contributed by atoms with Gasteiger partial charge in [0.25, 0.3) is 11.8 Å². The van der Waals surface area contributed by atoms with Crippen molar-refractivity contribution in [2.45, 2.75) is 20.3 Å². The van der Waals surface area contributed by atoms with Crippen molar-refractivity contribution in [3.8, 4) is 11.5 Å². The highest BCUT2D eigenvalue weighted by molar-refractivity contribution is 6.03. The van der Waals surface area contributed by atoms with Crippen LogP contribution in [0.15, 0.2) is 42.5 Å². The zero-order valence-corrected chi connectivity index (χ0v) is 20.1. The van der Waals surface area contributed by atoms with Gasteiger partial charge in [0.15, 0.2) is 0 Å². The number of nitrogens with one attached hydrogen (secondary N) is 2. The average molecular weight is 481 g/mol. The van der Waals surface area contributed by atoms with E-state index in [9.17, 15) is 19.2 Å². The van der Waals surface area contributed by atoms with Crippen LogP contribution >= 0.6 is 0 Å². The Labute approximate surface area is 203 Å². The van der Waals surface area contributed by atoms with Crippen LogP contribution in [0.3, 0.4) is 0 Å². The average Bonchev–Trinajstić information content (AvgIpc) is 3.32. The van der Waals surface area contributed by atoms with Crippen molar-refractivity contribution in [2.75, 3.05) is 37.9 Å². The quantitative estimate of drug-likeness (QED) is 0.589. The Morgan fingerprint density at radius 2 is 1.54 bits per heavy atom. The number of hydrazine groups is 1. The number of benzene rings is 2. The molecule has 1 aliphatic rings. The fourth-order valence-corrected chi connectivity index (χ4v) is 3.69. The van der Waals surface area contributed by atoms with Gasteiger partial charge in [0, 0.05) is 44.1 Å². The SMILES string of the molecule is COc1ccc(OC)c(C=CC(=O)N2CCCN2C(=O)c2ccc(NC(C)=O)c(NC(C)=O)c2)c1. The molecule has 0 saturated carbocycles. The highest BCUT2D eigenvalue weighted by Crippen LogP contribution is 2.27. The van der Waals surface area contributed by atoms with Crippen molar-refractivity contribution in [3.63, 3.8) is 0 Å². The van der Waals surface area contributed by atoms with E-state index in [4.69, 9.17) is 9.47 Å². The van der Waals surface area contributed by atoms with Gasteiger partial charge in [-0.15, -0.1) is 0 Å². The predicted octanol–water partition coefficient (Wildman–Crippen LogP) is 2.92. The van der Waals surface area contributed by atoms with Crippen molar-refractivity contribution in [1.29, 1.82) is 0 Å². The lowest BCUT2D eigenvalue weighted by Crippen LogP contribution is -2.44. The Hall–Kier alpha value is -4.34. The zero-order chi connectivity index (χ0) is 25.5. The Balaban J connectivity index is 1.82. The number of methoxy groups -OCH3 is 2. The van der Waals surface area contributed by atoms with Crippen LogP contribution in [0, 0.1) is 0 Å². The first kappa shape index (κ1) is 25.3. The molecule has 0 spiro atoms. The van der Waals surface area contributed by atoms with Crippen LogP contribution in [-0.2, 0) is 14.4 Å². The van der Waals surface area contributed by atoms with Gasteiger partial charge < -0.3 is 20.1 Å². The maximum Gasteiger partial charge on any atom is 0.272 e. The Kier molecular flexibility index (Phi) is 8.08. The summed E-state index contributed by atoms with van der Waals surface area (Å²) in [6.07, 6.45) is 3.61. The Morgan fingerprint density at radius 1 is 0.857 bits per heavy atom. The van der Waals surface area contributed by atoms with Crippen LogP contribution in [0.1, 0.15) is 36.2 Å². The topological polar surface area (TPSA) is 117 Å². The molecular formula is C25H28N4O6. The molecule has 0 aromatic heterocycles. The normalized spacial score (nSPS) is 13.0. The summed E-state index contributed by atoms with van der Waals surface area (Å²) in [5.74, 6) is -0.229. The van der Waals surface area contributed by atoms with Crippen LogP contribution in [-0.4, -0.2) is 61.0 Å². The van der Waals surface area contributed by atoms with Crippen molar-refractivity contribution in [2.24, 2.45) is 0 Å². The Bertz CT molecular complexity index is 1180. The molecule has 1 saturated heterocycles. The van der Waals surface area contributed by atoms with E-state index in [1.807, 2.05) is 0 Å². The van der Waals surface area contributed by atoms with E-state index in [0.717, 1.165) is 0 Å². The second kappa shape index (κ2) is 11.2. The standard InChI is InChI=1S/C25H28N4O6/c1-16(30)26-21-9-6-19(15-22(21)27-17(2)31)25(33)29-13-5-12-28(29)24(32)11-7-18-14-20(34-3)8-10-23(18)35-4/h6-11,14-15H,5,12-13H2,1-4H3,(H,26,30)(H,27,31). The molecule has 4 amide bonds. The lowest BCUT2D eigenvalue weighted by atomic mass is 10.1. The van der Waals surface area contributed by atoms with Crippen molar-refractivity contribution >= 4 is 41.1 Å². The van der Waals surface area contributed by atoms with Gasteiger partial charge >= 0.3 is 0 Å². The third kappa shape index (κ3) is 6.17. The van der Waals surface area contributed by atoms with Crippen LogP contribution in [0.25, 0.3) is 6.08 Å². The number of ether oxygens (including phenoxy) is 2. The van der Waals surface area contributed by atoms with Gasteiger partial charge in [0.05, 0.1) is 25.6 Å². The Morgan fingerprint density at radius 3 is 2.20 bits per heavy atom. The fourth-order valence-electron chi connectivity index (χ4n) is 3.69. The molecule has 2 aromatic carbocycles. The molecule has 1 fully saturated rings. The maximum absolute atomic E-state index is 13.3. The van der Waals surface area contributed by atoms with Crippen molar-refractivity contribution < 1.29 is 28.7 Å². The second-order valence-electron chi connectivity index (χ2n) is 7.81. The van der Waals surface area contributed by atoms with E-state index in [1.54, 1.807) is 31.4 Å². The van der Waals surface area contributed by atoms with E-state index in [1.165, 1.54) is 55.3 Å². The van der Waals surface area contributed by atoms with Gasteiger partial charge in [-0.05, 0) is 48.9 Å².